The van der Waals surface area contributed by atoms with Crippen LogP contribution in [0.1, 0.15) is 20.8 Å². The third-order valence-corrected chi connectivity index (χ3v) is 4.67. The first-order valence-electron chi connectivity index (χ1n) is 6.40. The van der Waals surface area contributed by atoms with Crippen LogP contribution in [-0.2, 0) is 22.1 Å². The molecule has 0 saturated heterocycles. The molecule has 6 heteroatoms. The minimum absolute atomic E-state index is 0.00744. The Morgan fingerprint density at radius 1 is 1.19 bits per heavy atom. The summed E-state index contributed by atoms with van der Waals surface area (Å²) in [4.78, 5) is 15.1. The van der Waals surface area contributed by atoms with Gasteiger partial charge in [-0.25, -0.2) is 8.42 Å². The fourth-order valence-corrected chi connectivity index (χ4v) is 3.53. The van der Waals surface area contributed by atoms with Crippen molar-refractivity contribution in [3.05, 3.63) is 57.8 Å². The molecule has 0 radical (unpaired) electrons. The van der Waals surface area contributed by atoms with Gasteiger partial charge in [0.15, 0.2) is 9.84 Å². The molecule has 0 aliphatic heterocycles. The van der Waals surface area contributed by atoms with Crippen molar-refractivity contribution >= 4 is 27.1 Å². The first-order valence-corrected chi connectivity index (χ1v) is 9.34. The van der Waals surface area contributed by atoms with Crippen molar-refractivity contribution in [3.8, 4) is 0 Å². The van der Waals surface area contributed by atoms with Crippen LogP contribution in [0.4, 0.5) is 0 Å². The molecule has 2 aromatic rings. The van der Waals surface area contributed by atoms with Crippen LogP contribution in [0.15, 0.2) is 41.8 Å². The van der Waals surface area contributed by atoms with Gasteiger partial charge in [-0.3, -0.25) is 4.79 Å². The Hall–Kier alpha value is -1.66. The number of amides is 1. The van der Waals surface area contributed by atoms with Crippen molar-refractivity contribution in [2.45, 2.75) is 12.3 Å². The summed E-state index contributed by atoms with van der Waals surface area (Å²) in [6, 6.07) is 10.7. The van der Waals surface area contributed by atoms with Crippen LogP contribution in [0.3, 0.4) is 0 Å². The van der Waals surface area contributed by atoms with E-state index in [2.05, 4.69) is 0 Å². The largest absolute Gasteiger partial charge is 0.337 e. The van der Waals surface area contributed by atoms with Gasteiger partial charge in [0.25, 0.3) is 5.91 Å². The fourth-order valence-electron chi connectivity index (χ4n) is 1.97. The third-order valence-electron chi connectivity index (χ3n) is 2.95. The molecule has 4 nitrogen and oxygen atoms in total. The Morgan fingerprint density at radius 3 is 2.38 bits per heavy atom. The van der Waals surface area contributed by atoms with Crippen LogP contribution in [-0.4, -0.2) is 32.5 Å². The molecule has 0 bridgehead atoms. The van der Waals surface area contributed by atoms with Gasteiger partial charge in [0.2, 0.25) is 0 Å². The van der Waals surface area contributed by atoms with Gasteiger partial charge >= 0.3 is 0 Å². The quantitative estimate of drug-likeness (QED) is 0.850. The second-order valence-corrected chi connectivity index (χ2v) is 8.18. The Balaban J connectivity index is 2.05. The predicted molar refractivity (Wildman–Crippen MR) is 85.1 cm³/mol. The first kappa shape index (κ1) is 15.7. The Morgan fingerprint density at radius 2 is 1.86 bits per heavy atom. The third kappa shape index (κ3) is 4.68. The predicted octanol–water partition coefficient (Wildman–Crippen LogP) is 2.56. The summed E-state index contributed by atoms with van der Waals surface area (Å²) in [7, 11) is -1.30. The van der Waals surface area contributed by atoms with E-state index in [9.17, 15) is 13.2 Å². The summed E-state index contributed by atoms with van der Waals surface area (Å²) in [6.07, 6.45) is 1.20. The van der Waals surface area contributed by atoms with Crippen LogP contribution in [0.5, 0.6) is 0 Å². The number of benzene rings is 1. The molecule has 0 aliphatic rings. The van der Waals surface area contributed by atoms with E-state index >= 15 is 0 Å². The van der Waals surface area contributed by atoms with E-state index in [1.54, 1.807) is 47.5 Å². The topological polar surface area (TPSA) is 54.5 Å². The molecule has 0 atom stereocenters. The van der Waals surface area contributed by atoms with Crippen molar-refractivity contribution in [2.24, 2.45) is 0 Å². The number of carbonyl (C=O) groups excluding carboxylic acids is 1. The number of nitrogens with zero attached hydrogens (tertiary/aromatic N) is 1. The number of hydrogen-bond acceptors (Lipinski definition) is 4. The summed E-state index contributed by atoms with van der Waals surface area (Å²) in [5, 5.41) is 1.98. The molecule has 0 saturated carbocycles. The summed E-state index contributed by atoms with van der Waals surface area (Å²) in [5.74, 6) is -0.0822. The van der Waals surface area contributed by atoms with Gasteiger partial charge in [-0.1, -0.05) is 18.2 Å². The van der Waals surface area contributed by atoms with E-state index in [4.69, 9.17) is 0 Å². The van der Waals surface area contributed by atoms with Crippen LogP contribution in [0.25, 0.3) is 0 Å². The van der Waals surface area contributed by atoms with E-state index < -0.39 is 9.84 Å². The highest BCUT2D eigenvalue weighted by atomic mass is 32.2. The van der Waals surface area contributed by atoms with Crippen molar-refractivity contribution in [3.63, 3.8) is 0 Å². The first-order chi connectivity index (χ1) is 9.85. The van der Waals surface area contributed by atoms with Crippen molar-refractivity contribution in [1.82, 2.24) is 4.90 Å². The zero-order valence-corrected chi connectivity index (χ0v) is 13.6. The molecule has 0 unspecified atom stereocenters. The molecule has 2 rings (SSSR count). The average molecular weight is 323 g/mol. The number of sulfone groups is 1. The lowest BCUT2D eigenvalue weighted by Gasteiger charge is -2.16. The number of carbonyl (C=O) groups is 1. The van der Waals surface area contributed by atoms with E-state index in [1.807, 2.05) is 17.5 Å². The van der Waals surface area contributed by atoms with Crippen molar-refractivity contribution in [2.75, 3.05) is 13.3 Å². The molecule has 21 heavy (non-hydrogen) atoms. The van der Waals surface area contributed by atoms with Gasteiger partial charge in [0, 0.05) is 23.7 Å². The molecule has 0 aliphatic carbocycles. The molecule has 1 heterocycles. The summed E-state index contributed by atoms with van der Waals surface area (Å²) < 4.78 is 22.5. The zero-order chi connectivity index (χ0) is 15.5. The molecule has 0 spiro atoms. The van der Waals surface area contributed by atoms with Crippen molar-refractivity contribution in [1.29, 1.82) is 0 Å². The van der Waals surface area contributed by atoms with E-state index in [0.29, 0.717) is 17.7 Å². The van der Waals surface area contributed by atoms with Gasteiger partial charge in [0.05, 0.1) is 12.3 Å². The van der Waals surface area contributed by atoms with Gasteiger partial charge in [0.1, 0.15) is 0 Å². The van der Waals surface area contributed by atoms with Gasteiger partial charge in [-0.2, -0.15) is 0 Å². The normalized spacial score (nSPS) is 11.3. The molecular weight excluding hydrogens is 306 g/mol. The van der Waals surface area contributed by atoms with E-state index in [1.165, 1.54) is 6.26 Å². The van der Waals surface area contributed by atoms with Crippen LogP contribution < -0.4 is 0 Å². The molecular formula is C15H17NO3S2. The minimum Gasteiger partial charge on any atom is -0.337 e. The van der Waals surface area contributed by atoms with Crippen LogP contribution in [0.2, 0.25) is 0 Å². The van der Waals surface area contributed by atoms with Gasteiger partial charge in [-0.15, -0.1) is 11.3 Å². The summed E-state index contributed by atoms with van der Waals surface area (Å²) >= 11 is 1.61. The lowest BCUT2D eigenvalue weighted by atomic mass is 10.1. The van der Waals surface area contributed by atoms with Crippen LogP contribution >= 0.6 is 11.3 Å². The summed E-state index contributed by atoms with van der Waals surface area (Å²) in [6.45, 7) is 0.571. The smallest absolute Gasteiger partial charge is 0.253 e. The summed E-state index contributed by atoms with van der Waals surface area (Å²) in [5.41, 5.74) is 1.25. The van der Waals surface area contributed by atoms with Gasteiger partial charge < -0.3 is 4.90 Å². The van der Waals surface area contributed by atoms with Crippen LogP contribution in [0, 0.1) is 0 Å². The van der Waals surface area contributed by atoms with Gasteiger partial charge in [-0.05, 0) is 29.1 Å². The SMILES string of the molecule is CN(Cc1cccs1)C(=O)c1ccc(CS(C)(=O)=O)cc1. The molecule has 0 N–H and O–H groups in total. The Bertz CT molecular complexity index is 704. The second kappa shape index (κ2) is 6.41. The molecule has 112 valence electrons. The minimum atomic E-state index is -3.05. The number of thiophene rings is 1. The van der Waals surface area contributed by atoms with E-state index in [0.717, 1.165) is 4.88 Å². The molecule has 1 aromatic carbocycles. The fraction of sp³-hybridized carbons (Fsp3) is 0.267. The molecule has 1 amide bonds. The van der Waals surface area contributed by atoms with Crippen molar-refractivity contribution < 1.29 is 13.2 Å². The highest BCUT2D eigenvalue weighted by molar-refractivity contribution is 7.89. The molecule has 1 aromatic heterocycles. The number of rotatable bonds is 5. The average Bonchev–Trinajstić information content (AvgIpc) is 2.90. The maximum atomic E-state index is 12.3. The van der Waals surface area contributed by atoms with E-state index in [-0.39, 0.29) is 11.7 Å². The Kier molecular flexibility index (Phi) is 4.80. The highest BCUT2D eigenvalue weighted by Gasteiger charge is 2.13. The standard InChI is InChI=1S/C15H17NO3S2/c1-16(10-14-4-3-9-20-14)15(17)13-7-5-12(6-8-13)11-21(2,18)19/h3-9H,10-11H2,1-2H3. The Labute approximate surface area is 129 Å². The lowest BCUT2D eigenvalue weighted by Crippen LogP contribution is -2.25. The zero-order valence-electron chi connectivity index (χ0n) is 11.9. The maximum Gasteiger partial charge on any atom is 0.253 e. The molecule has 0 fully saturated rings. The highest BCUT2D eigenvalue weighted by Crippen LogP contribution is 2.14. The monoisotopic (exact) mass is 323 g/mol. The maximum absolute atomic E-state index is 12.3. The second-order valence-electron chi connectivity index (χ2n) is 5.01. The number of hydrogen-bond donors (Lipinski definition) is 0. The lowest BCUT2D eigenvalue weighted by molar-refractivity contribution is 0.0786.